The highest BCUT2D eigenvalue weighted by molar-refractivity contribution is 5.89. The number of rotatable bonds is 1. The minimum absolute atomic E-state index is 0.259. The smallest absolute Gasteiger partial charge is 0.335 e. The van der Waals surface area contributed by atoms with E-state index in [2.05, 4.69) is 6.58 Å². The molecule has 1 aliphatic heterocycles. The molecule has 1 aromatic carbocycles. The molecule has 0 saturated carbocycles. The first kappa shape index (κ1) is 9.52. The molecule has 3 heteroatoms. The van der Waals surface area contributed by atoms with Gasteiger partial charge in [-0.15, -0.1) is 0 Å². The average molecular weight is 202 g/mol. The molecule has 0 bridgehead atoms. The topological polar surface area (TPSA) is 46.5 Å². The first-order valence-electron chi connectivity index (χ1n) is 4.53. The highest BCUT2D eigenvalue weighted by Crippen LogP contribution is 2.25. The summed E-state index contributed by atoms with van der Waals surface area (Å²) in [6.07, 6.45) is 3.65. The van der Waals surface area contributed by atoms with Gasteiger partial charge in [0.25, 0.3) is 0 Å². The van der Waals surface area contributed by atoms with Crippen molar-refractivity contribution in [1.29, 1.82) is 0 Å². The first-order chi connectivity index (χ1) is 7.16. The molecule has 0 amide bonds. The maximum atomic E-state index is 10.8. The number of fused-ring (bicyclic) bond motifs is 1. The van der Waals surface area contributed by atoms with Crippen molar-refractivity contribution in [3.8, 4) is 5.75 Å². The molecular formula is C12H10O3. The van der Waals surface area contributed by atoms with Crippen molar-refractivity contribution in [3.63, 3.8) is 0 Å². The summed E-state index contributed by atoms with van der Waals surface area (Å²) in [6, 6.07) is 4.79. The van der Waals surface area contributed by atoms with Crippen molar-refractivity contribution in [2.45, 2.75) is 0 Å². The average Bonchev–Trinajstić information content (AvgIpc) is 2.40. The second kappa shape index (κ2) is 3.61. The fraction of sp³-hybridized carbons (Fsp3) is 0.0833. The van der Waals surface area contributed by atoms with Gasteiger partial charge < -0.3 is 9.84 Å². The van der Waals surface area contributed by atoms with Gasteiger partial charge in [-0.3, -0.25) is 0 Å². The number of hydrogen-bond donors (Lipinski definition) is 1. The Hall–Kier alpha value is -2.03. The first-order valence-corrected chi connectivity index (χ1v) is 4.53. The van der Waals surface area contributed by atoms with Crippen molar-refractivity contribution in [2.75, 3.05) is 6.61 Å². The molecule has 1 aliphatic rings. The van der Waals surface area contributed by atoms with Crippen molar-refractivity contribution < 1.29 is 14.6 Å². The van der Waals surface area contributed by atoms with Crippen LogP contribution in [0.3, 0.4) is 0 Å². The van der Waals surface area contributed by atoms with Gasteiger partial charge >= 0.3 is 5.97 Å². The monoisotopic (exact) mass is 202 g/mol. The lowest BCUT2D eigenvalue weighted by molar-refractivity contribution is 0.0697. The molecule has 76 valence electrons. The maximum absolute atomic E-state index is 10.8. The Labute approximate surface area is 87.3 Å². The molecule has 0 saturated heterocycles. The van der Waals surface area contributed by atoms with Crippen LogP contribution in [0, 0.1) is 0 Å². The van der Waals surface area contributed by atoms with E-state index in [0.717, 1.165) is 11.1 Å². The van der Waals surface area contributed by atoms with Crippen molar-refractivity contribution >= 4 is 12.0 Å². The summed E-state index contributed by atoms with van der Waals surface area (Å²) >= 11 is 0. The third kappa shape index (κ3) is 1.91. The molecule has 0 fully saturated rings. The van der Waals surface area contributed by atoms with Crippen molar-refractivity contribution in [1.82, 2.24) is 0 Å². The molecule has 0 spiro atoms. The zero-order valence-corrected chi connectivity index (χ0v) is 8.06. The van der Waals surface area contributed by atoms with Gasteiger partial charge in [0.15, 0.2) is 0 Å². The van der Waals surface area contributed by atoms with Crippen LogP contribution in [-0.2, 0) is 0 Å². The van der Waals surface area contributed by atoms with Crippen molar-refractivity contribution in [3.05, 3.63) is 47.6 Å². The molecule has 1 heterocycles. The Bertz CT molecular complexity index is 458. The molecule has 15 heavy (non-hydrogen) atoms. The van der Waals surface area contributed by atoms with Gasteiger partial charge in [-0.05, 0) is 23.8 Å². The zero-order chi connectivity index (χ0) is 10.8. The molecule has 0 aromatic heterocycles. The molecule has 0 atom stereocenters. The van der Waals surface area contributed by atoms with Crippen LogP contribution >= 0.6 is 0 Å². The molecule has 1 N–H and O–H groups in total. The third-order valence-electron chi connectivity index (χ3n) is 2.17. The van der Waals surface area contributed by atoms with Gasteiger partial charge in [0.1, 0.15) is 12.4 Å². The Kier molecular flexibility index (Phi) is 2.29. The summed E-state index contributed by atoms with van der Waals surface area (Å²) in [5, 5.41) is 8.83. The Morgan fingerprint density at radius 2 is 2.20 bits per heavy atom. The van der Waals surface area contributed by atoms with Crippen LogP contribution in [0.5, 0.6) is 5.75 Å². The molecular weight excluding hydrogens is 192 g/mol. The van der Waals surface area contributed by atoms with E-state index in [0.29, 0.717) is 12.4 Å². The van der Waals surface area contributed by atoms with Crippen LogP contribution in [0.1, 0.15) is 15.9 Å². The van der Waals surface area contributed by atoms with E-state index in [1.165, 1.54) is 6.07 Å². The molecule has 1 aromatic rings. The predicted molar refractivity (Wildman–Crippen MR) is 57.1 cm³/mol. The number of aromatic carboxylic acids is 1. The highest BCUT2D eigenvalue weighted by atomic mass is 16.5. The molecule has 3 nitrogen and oxygen atoms in total. The highest BCUT2D eigenvalue weighted by Gasteiger charge is 2.09. The van der Waals surface area contributed by atoms with Gasteiger partial charge in [-0.25, -0.2) is 4.79 Å². The van der Waals surface area contributed by atoms with Crippen LogP contribution in [0.4, 0.5) is 0 Å². The third-order valence-corrected chi connectivity index (χ3v) is 2.17. The lowest BCUT2D eigenvalue weighted by Crippen LogP contribution is -2.00. The normalized spacial score (nSPS) is 14.0. The Morgan fingerprint density at radius 3 is 2.93 bits per heavy atom. The van der Waals surface area contributed by atoms with Crippen LogP contribution < -0.4 is 4.74 Å². The van der Waals surface area contributed by atoms with Gasteiger partial charge in [0.2, 0.25) is 0 Å². The van der Waals surface area contributed by atoms with Crippen LogP contribution in [0.25, 0.3) is 6.08 Å². The lowest BCUT2D eigenvalue weighted by Gasteiger charge is -2.06. The fourth-order valence-corrected chi connectivity index (χ4v) is 1.37. The van der Waals surface area contributed by atoms with E-state index in [-0.39, 0.29) is 5.56 Å². The number of carboxylic acids is 1. The minimum Gasteiger partial charge on any atom is -0.488 e. The number of carboxylic acid groups (broad SMARTS) is 1. The maximum Gasteiger partial charge on any atom is 0.335 e. The summed E-state index contributed by atoms with van der Waals surface area (Å²) in [4.78, 5) is 10.8. The summed E-state index contributed by atoms with van der Waals surface area (Å²) in [5.74, 6) is -0.246. The number of ether oxygens (including phenoxy) is 1. The summed E-state index contributed by atoms with van der Waals surface area (Å²) in [5.41, 5.74) is 1.89. The van der Waals surface area contributed by atoms with E-state index in [9.17, 15) is 4.79 Å². The van der Waals surface area contributed by atoms with E-state index >= 15 is 0 Å². The Morgan fingerprint density at radius 1 is 1.40 bits per heavy atom. The van der Waals surface area contributed by atoms with Crippen LogP contribution in [0.15, 0.2) is 36.4 Å². The van der Waals surface area contributed by atoms with E-state index in [1.54, 1.807) is 12.1 Å². The lowest BCUT2D eigenvalue weighted by atomic mass is 10.1. The van der Waals surface area contributed by atoms with Crippen molar-refractivity contribution in [2.24, 2.45) is 0 Å². The molecule has 2 rings (SSSR count). The van der Waals surface area contributed by atoms with Gasteiger partial charge in [-0.2, -0.15) is 0 Å². The van der Waals surface area contributed by atoms with E-state index in [1.807, 2.05) is 12.2 Å². The number of carbonyl (C=O) groups is 1. The quantitative estimate of drug-likeness (QED) is 0.760. The van der Waals surface area contributed by atoms with Gasteiger partial charge in [0, 0.05) is 5.56 Å². The molecule has 0 aliphatic carbocycles. The number of hydrogen-bond acceptors (Lipinski definition) is 2. The fourth-order valence-electron chi connectivity index (χ4n) is 1.37. The summed E-state index contributed by atoms with van der Waals surface area (Å²) < 4.78 is 5.44. The number of benzene rings is 1. The van der Waals surface area contributed by atoms with E-state index in [4.69, 9.17) is 9.84 Å². The van der Waals surface area contributed by atoms with Crippen LogP contribution in [-0.4, -0.2) is 17.7 Å². The standard InChI is InChI=1S/C12H10O3/c1-8-2-3-9-6-10(12(13)14)4-5-11(9)15-7-8/h2-6H,1,7H2,(H,13,14). The summed E-state index contributed by atoms with van der Waals surface area (Å²) in [7, 11) is 0. The predicted octanol–water partition coefficient (Wildman–Crippen LogP) is 2.35. The SMILES string of the molecule is C=C1C=Cc2cc(C(=O)O)ccc2OC1. The van der Waals surface area contributed by atoms with Gasteiger partial charge in [0.05, 0.1) is 5.56 Å². The molecule has 0 unspecified atom stereocenters. The largest absolute Gasteiger partial charge is 0.488 e. The molecule has 0 radical (unpaired) electrons. The second-order valence-corrected chi connectivity index (χ2v) is 3.34. The minimum atomic E-state index is -0.936. The zero-order valence-electron chi connectivity index (χ0n) is 8.06. The second-order valence-electron chi connectivity index (χ2n) is 3.34. The van der Waals surface area contributed by atoms with E-state index < -0.39 is 5.97 Å². The summed E-state index contributed by atoms with van der Waals surface area (Å²) in [6.45, 7) is 4.23. The van der Waals surface area contributed by atoms with Gasteiger partial charge in [-0.1, -0.05) is 18.7 Å². The van der Waals surface area contributed by atoms with Crippen LogP contribution in [0.2, 0.25) is 0 Å². The Balaban J connectivity index is 2.46.